The van der Waals surface area contributed by atoms with Gasteiger partial charge in [-0.3, -0.25) is 4.79 Å². The Balaban J connectivity index is 2.97. The molecular weight excluding hydrogens is 196 g/mol. The van der Waals surface area contributed by atoms with Crippen molar-refractivity contribution >= 4 is 16.8 Å². The van der Waals surface area contributed by atoms with E-state index in [-0.39, 0.29) is 22.5 Å². The summed E-state index contributed by atoms with van der Waals surface area (Å²) in [6, 6.07) is 5.66. The SMILES string of the molecule is CC(=O)c1cccc2oc(=O)cc(O)c12. The Morgan fingerprint density at radius 1 is 1.40 bits per heavy atom. The summed E-state index contributed by atoms with van der Waals surface area (Å²) in [4.78, 5) is 22.2. The molecule has 0 atom stereocenters. The van der Waals surface area contributed by atoms with Crippen molar-refractivity contribution in [3.8, 4) is 5.75 Å². The van der Waals surface area contributed by atoms with E-state index < -0.39 is 5.63 Å². The smallest absolute Gasteiger partial charge is 0.339 e. The Labute approximate surface area is 84.8 Å². The van der Waals surface area contributed by atoms with Crippen molar-refractivity contribution in [2.75, 3.05) is 0 Å². The first-order valence-electron chi connectivity index (χ1n) is 4.36. The monoisotopic (exact) mass is 204 g/mol. The fourth-order valence-corrected chi connectivity index (χ4v) is 1.50. The lowest BCUT2D eigenvalue weighted by atomic mass is 10.1. The number of Topliss-reactive ketones (excluding diaryl/α,β-unsaturated/α-hetero) is 1. The number of benzene rings is 1. The molecule has 0 saturated heterocycles. The standard InChI is InChI=1S/C11H8O4/c1-6(12)7-3-2-4-9-11(7)8(13)5-10(14)15-9/h2-5,13H,1H3. The van der Waals surface area contributed by atoms with Gasteiger partial charge < -0.3 is 9.52 Å². The van der Waals surface area contributed by atoms with Crippen LogP contribution in [0.4, 0.5) is 0 Å². The summed E-state index contributed by atoms with van der Waals surface area (Å²) in [7, 11) is 0. The predicted molar refractivity (Wildman–Crippen MR) is 54.2 cm³/mol. The number of fused-ring (bicyclic) bond motifs is 1. The topological polar surface area (TPSA) is 67.5 Å². The maximum absolute atomic E-state index is 11.3. The lowest BCUT2D eigenvalue weighted by Crippen LogP contribution is -1.99. The third-order valence-electron chi connectivity index (χ3n) is 2.13. The molecule has 0 bridgehead atoms. The third kappa shape index (κ3) is 1.50. The third-order valence-corrected chi connectivity index (χ3v) is 2.13. The van der Waals surface area contributed by atoms with Crippen molar-refractivity contribution in [1.82, 2.24) is 0 Å². The van der Waals surface area contributed by atoms with Crippen LogP contribution in [0.15, 0.2) is 33.5 Å². The lowest BCUT2D eigenvalue weighted by molar-refractivity contribution is 0.101. The summed E-state index contributed by atoms with van der Waals surface area (Å²) >= 11 is 0. The molecule has 0 spiro atoms. The van der Waals surface area contributed by atoms with Gasteiger partial charge in [0.2, 0.25) is 0 Å². The zero-order valence-corrected chi connectivity index (χ0v) is 7.98. The maximum atomic E-state index is 11.3. The Morgan fingerprint density at radius 2 is 2.13 bits per heavy atom. The molecule has 0 amide bonds. The number of carbonyl (C=O) groups is 1. The van der Waals surface area contributed by atoms with Gasteiger partial charge in [0.25, 0.3) is 0 Å². The van der Waals surface area contributed by atoms with Crippen LogP contribution in [0.1, 0.15) is 17.3 Å². The molecule has 1 aromatic carbocycles. The van der Waals surface area contributed by atoms with Gasteiger partial charge >= 0.3 is 5.63 Å². The van der Waals surface area contributed by atoms with Crippen molar-refractivity contribution in [3.63, 3.8) is 0 Å². The van der Waals surface area contributed by atoms with Gasteiger partial charge in [-0.2, -0.15) is 0 Å². The molecule has 0 aliphatic carbocycles. The van der Waals surface area contributed by atoms with E-state index in [2.05, 4.69) is 0 Å². The summed E-state index contributed by atoms with van der Waals surface area (Å²) in [6.07, 6.45) is 0. The first-order valence-corrected chi connectivity index (χ1v) is 4.36. The summed E-state index contributed by atoms with van der Waals surface area (Å²) < 4.78 is 4.87. The number of hydrogen-bond acceptors (Lipinski definition) is 4. The number of ketones is 1. The number of aromatic hydroxyl groups is 1. The Bertz CT molecular complexity index is 595. The van der Waals surface area contributed by atoms with Gasteiger partial charge in [0.1, 0.15) is 11.3 Å². The highest BCUT2D eigenvalue weighted by Crippen LogP contribution is 2.26. The van der Waals surface area contributed by atoms with E-state index in [0.717, 1.165) is 6.07 Å². The minimum absolute atomic E-state index is 0.190. The second-order valence-electron chi connectivity index (χ2n) is 3.19. The average molecular weight is 204 g/mol. The second kappa shape index (κ2) is 3.24. The van der Waals surface area contributed by atoms with Crippen LogP contribution >= 0.6 is 0 Å². The van der Waals surface area contributed by atoms with Crippen molar-refractivity contribution in [1.29, 1.82) is 0 Å². The van der Waals surface area contributed by atoms with E-state index in [1.54, 1.807) is 12.1 Å². The molecule has 1 aromatic heterocycles. The molecule has 0 aliphatic rings. The molecule has 0 aliphatic heterocycles. The summed E-state index contributed by atoms with van der Waals surface area (Å²) in [5.74, 6) is -0.420. The molecule has 76 valence electrons. The molecule has 0 saturated carbocycles. The highest BCUT2D eigenvalue weighted by atomic mass is 16.4. The van der Waals surface area contributed by atoms with Crippen LogP contribution in [0, 0.1) is 0 Å². The average Bonchev–Trinajstić information content (AvgIpc) is 2.16. The normalized spacial score (nSPS) is 10.5. The number of hydrogen-bond donors (Lipinski definition) is 1. The van der Waals surface area contributed by atoms with Crippen LogP contribution in [0.5, 0.6) is 5.75 Å². The first-order chi connectivity index (χ1) is 7.09. The number of rotatable bonds is 1. The zero-order chi connectivity index (χ0) is 11.0. The van der Waals surface area contributed by atoms with Crippen LogP contribution in [-0.4, -0.2) is 10.9 Å². The van der Waals surface area contributed by atoms with Gasteiger partial charge in [0.05, 0.1) is 11.5 Å². The van der Waals surface area contributed by atoms with Gasteiger partial charge in [0, 0.05) is 5.56 Å². The molecule has 0 fully saturated rings. The van der Waals surface area contributed by atoms with Crippen LogP contribution in [0.2, 0.25) is 0 Å². The predicted octanol–water partition coefficient (Wildman–Crippen LogP) is 1.70. The van der Waals surface area contributed by atoms with Gasteiger partial charge in [-0.25, -0.2) is 4.79 Å². The van der Waals surface area contributed by atoms with Gasteiger partial charge in [-0.05, 0) is 13.0 Å². The van der Waals surface area contributed by atoms with Crippen LogP contribution in [0.3, 0.4) is 0 Å². The Kier molecular flexibility index (Phi) is 2.04. The summed E-state index contributed by atoms with van der Waals surface area (Å²) in [6.45, 7) is 1.39. The molecule has 4 nitrogen and oxygen atoms in total. The van der Waals surface area contributed by atoms with E-state index >= 15 is 0 Å². The minimum Gasteiger partial charge on any atom is -0.507 e. The minimum atomic E-state index is -0.638. The van der Waals surface area contributed by atoms with Gasteiger partial charge in [-0.15, -0.1) is 0 Å². The summed E-state index contributed by atoms with van der Waals surface area (Å²) in [5.41, 5.74) is -0.0813. The fraction of sp³-hybridized carbons (Fsp3) is 0.0909. The Morgan fingerprint density at radius 3 is 2.80 bits per heavy atom. The van der Waals surface area contributed by atoms with Gasteiger partial charge in [-0.1, -0.05) is 12.1 Å². The molecule has 2 rings (SSSR count). The molecular formula is C11H8O4. The van der Waals surface area contributed by atoms with Crippen LogP contribution in [0.25, 0.3) is 11.0 Å². The molecule has 1 heterocycles. The van der Waals surface area contributed by atoms with E-state index in [1.807, 2.05) is 0 Å². The highest BCUT2D eigenvalue weighted by molar-refractivity contribution is 6.07. The second-order valence-corrected chi connectivity index (χ2v) is 3.19. The van der Waals surface area contributed by atoms with E-state index in [0.29, 0.717) is 5.56 Å². The van der Waals surface area contributed by atoms with Crippen LogP contribution in [-0.2, 0) is 0 Å². The van der Waals surface area contributed by atoms with Crippen molar-refractivity contribution < 1.29 is 14.3 Å². The molecule has 2 aromatic rings. The van der Waals surface area contributed by atoms with Crippen LogP contribution < -0.4 is 5.63 Å². The highest BCUT2D eigenvalue weighted by Gasteiger charge is 2.11. The molecule has 4 heteroatoms. The van der Waals surface area contributed by atoms with Crippen molar-refractivity contribution in [3.05, 3.63) is 40.2 Å². The summed E-state index contributed by atoms with van der Waals surface area (Å²) in [5, 5.41) is 9.85. The maximum Gasteiger partial charge on any atom is 0.339 e. The Hall–Kier alpha value is -2.10. The molecule has 15 heavy (non-hydrogen) atoms. The van der Waals surface area contributed by atoms with Gasteiger partial charge in [0.15, 0.2) is 5.78 Å². The van der Waals surface area contributed by atoms with E-state index in [4.69, 9.17) is 4.42 Å². The fourth-order valence-electron chi connectivity index (χ4n) is 1.50. The van der Waals surface area contributed by atoms with Crippen molar-refractivity contribution in [2.45, 2.75) is 6.92 Å². The quantitative estimate of drug-likeness (QED) is 0.567. The molecule has 0 unspecified atom stereocenters. The van der Waals surface area contributed by atoms with E-state index in [9.17, 15) is 14.7 Å². The molecule has 1 N–H and O–H groups in total. The molecule has 0 radical (unpaired) electrons. The lowest BCUT2D eigenvalue weighted by Gasteiger charge is -2.03. The largest absolute Gasteiger partial charge is 0.507 e. The zero-order valence-electron chi connectivity index (χ0n) is 7.98. The number of carbonyl (C=O) groups excluding carboxylic acids is 1. The first kappa shape index (κ1) is 9.45. The van der Waals surface area contributed by atoms with Crippen molar-refractivity contribution in [2.24, 2.45) is 0 Å². The van der Waals surface area contributed by atoms with E-state index in [1.165, 1.54) is 13.0 Å².